The van der Waals surface area contributed by atoms with Crippen molar-refractivity contribution in [3.8, 4) is 0 Å². The molecule has 1 heterocycles. The van der Waals surface area contributed by atoms with Gasteiger partial charge in [-0.15, -0.1) is 0 Å². The Balaban J connectivity index is 2.19. The lowest BCUT2D eigenvalue weighted by atomic mass is 9.87. The molecule has 0 aliphatic rings. The number of hydrogen-bond acceptors (Lipinski definition) is 2. The number of aryl methyl sites for hydroxylation is 2. The van der Waals surface area contributed by atoms with Gasteiger partial charge in [0.15, 0.2) is 0 Å². The van der Waals surface area contributed by atoms with E-state index in [0.29, 0.717) is 0 Å². The fraction of sp³-hybridized carbons (Fsp3) is 0.250. The first-order valence-electron chi connectivity index (χ1n) is 7.94. The molecule has 1 atom stereocenters. The number of fused-ring (bicyclic) bond motifs is 1. The summed E-state index contributed by atoms with van der Waals surface area (Å²) < 4.78 is 2.17. The van der Waals surface area contributed by atoms with E-state index in [1.807, 2.05) is 37.3 Å². The van der Waals surface area contributed by atoms with Crippen molar-refractivity contribution in [2.75, 3.05) is 0 Å². The smallest absolute Gasteiger partial charge is 0.0483 e. The van der Waals surface area contributed by atoms with E-state index in [2.05, 4.69) is 35.9 Å². The van der Waals surface area contributed by atoms with Gasteiger partial charge in [-0.3, -0.25) is 0 Å². The van der Waals surface area contributed by atoms with Gasteiger partial charge < -0.3 is 14.5 Å². The van der Waals surface area contributed by atoms with Crippen LogP contribution in [0.5, 0.6) is 0 Å². The first-order valence-corrected chi connectivity index (χ1v) is 7.94. The third-order valence-electron chi connectivity index (χ3n) is 4.35. The number of rotatable bonds is 5. The summed E-state index contributed by atoms with van der Waals surface area (Å²) in [6.45, 7) is 4.97. The van der Waals surface area contributed by atoms with Crippen molar-refractivity contribution in [1.82, 2.24) is 4.57 Å². The van der Waals surface area contributed by atoms with Gasteiger partial charge in [0.05, 0.1) is 0 Å². The molecule has 23 heavy (non-hydrogen) atoms. The van der Waals surface area contributed by atoms with Crippen molar-refractivity contribution in [2.24, 2.45) is 0 Å². The average Bonchev–Trinajstić information content (AvgIpc) is 2.91. The molecule has 0 aliphatic heterocycles. The molecular formula is C20H20NO2-. The topological polar surface area (TPSA) is 45.1 Å². The molecular weight excluding hydrogens is 286 g/mol. The molecule has 118 valence electrons. The van der Waals surface area contributed by atoms with Crippen LogP contribution in [-0.2, 0) is 11.3 Å². The zero-order valence-electron chi connectivity index (χ0n) is 13.5. The number of hydrogen-bond donors (Lipinski definition) is 0. The van der Waals surface area contributed by atoms with Crippen LogP contribution in [0.2, 0.25) is 0 Å². The Kier molecular flexibility index (Phi) is 4.20. The number of carbonyl (C=O) groups excluding carboxylic acids is 1. The summed E-state index contributed by atoms with van der Waals surface area (Å²) in [5.74, 6) is -1.22. The molecule has 0 fully saturated rings. The summed E-state index contributed by atoms with van der Waals surface area (Å²) in [6.07, 6.45) is 2.07. The number of nitrogens with zero attached hydrogens (tertiary/aromatic N) is 1. The van der Waals surface area contributed by atoms with Crippen molar-refractivity contribution >= 4 is 16.9 Å². The molecule has 0 radical (unpaired) electrons. The molecule has 0 saturated carbocycles. The second-order valence-corrected chi connectivity index (χ2v) is 5.93. The number of carbonyl (C=O) groups is 1. The molecule has 3 nitrogen and oxygen atoms in total. The predicted octanol–water partition coefficient (Wildman–Crippen LogP) is 3.24. The summed E-state index contributed by atoms with van der Waals surface area (Å²) in [5.41, 5.74) is 4.34. The summed E-state index contributed by atoms with van der Waals surface area (Å²) in [5, 5.41) is 12.4. The largest absolute Gasteiger partial charge is 0.550 e. The van der Waals surface area contributed by atoms with Crippen LogP contribution in [0.25, 0.3) is 10.9 Å². The minimum atomic E-state index is -1.02. The van der Waals surface area contributed by atoms with Crippen molar-refractivity contribution in [3.63, 3.8) is 0 Å². The SMILES string of the molecule is CCn1cc([C@H](CC(=O)[O-])c2cccc(C)c2)c2ccccc21. The van der Waals surface area contributed by atoms with Crippen molar-refractivity contribution in [1.29, 1.82) is 0 Å². The lowest BCUT2D eigenvalue weighted by Gasteiger charge is -2.18. The van der Waals surface area contributed by atoms with Crippen LogP contribution in [-0.4, -0.2) is 10.5 Å². The van der Waals surface area contributed by atoms with Crippen LogP contribution in [0, 0.1) is 6.92 Å². The molecule has 0 saturated heterocycles. The first-order chi connectivity index (χ1) is 11.1. The van der Waals surface area contributed by atoms with E-state index in [1.165, 1.54) is 0 Å². The Morgan fingerprint density at radius 2 is 1.96 bits per heavy atom. The van der Waals surface area contributed by atoms with Gasteiger partial charge >= 0.3 is 0 Å². The molecule has 0 unspecified atom stereocenters. The summed E-state index contributed by atoms with van der Waals surface area (Å²) in [4.78, 5) is 11.3. The Bertz CT molecular complexity index is 848. The van der Waals surface area contributed by atoms with E-state index in [9.17, 15) is 9.90 Å². The maximum absolute atomic E-state index is 11.3. The fourth-order valence-electron chi connectivity index (χ4n) is 3.28. The Morgan fingerprint density at radius 3 is 2.65 bits per heavy atom. The summed E-state index contributed by atoms with van der Waals surface area (Å²) in [6, 6.07) is 16.2. The van der Waals surface area contributed by atoms with Crippen molar-refractivity contribution < 1.29 is 9.90 Å². The highest BCUT2D eigenvalue weighted by Crippen LogP contribution is 2.34. The molecule has 0 bridgehead atoms. The number of carboxylic acids is 1. The average molecular weight is 306 g/mol. The van der Waals surface area contributed by atoms with E-state index < -0.39 is 5.97 Å². The highest BCUT2D eigenvalue weighted by molar-refractivity contribution is 5.85. The molecule has 1 aromatic heterocycles. The van der Waals surface area contributed by atoms with Crippen molar-refractivity contribution in [2.45, 2.75) is 32.7 Å². The minimum Gasteiger partial charge on any atom is -0.550 e. The molecule has 3 heteroatoms. The van der Waals surface area contributed by atoms with Crippen LogP contribution >= 0.6 is 0 Å². The number of aromatic nitrogens is 1. The number of benzene rings is 2. The van der Waals surface area contributed by atoms with Crippen LogP contribution in [0.4, 0.5) is 0 Å². The normalized spacial score (nSPS) is 12.4. The van der Waals surface area contributed by atoms with Crippen LogP contribution in [0.15, 0.2) is 54.7 Å². The second kappa shape index (κ2) is 6.29. The number of aliphatic carboxylic acids is 1. The number of carboxylic acid groups (broad SMARTS) is 1. The number of para-hydroxylation sites is 1. The van der Waals surface area contributed by atoms with Crippen LogP contribution in [0.3, 0.4) is 0 Å². The quantitative estimate of drug-likeness (QED) is 0.726. The first kappa shape index (κ1) is 15.3. The molecule has 0 spiro atoms. The molecule has 0 N–H and O–H groups in total. The van der Waals surface area contributed by atoms with Crippen LogP contribution in [0.1, 0.15) is 36.0 Å². The molecule has 0 aliphatic carbocycles. The molecule has 0 amide bonds. The van der Waals surface area contributed by atoms with Gasteiger partial charge in [-0.05, 0) is 37.5 Å². The van der Waals surface area contributed by atoms with E-state index in [4.69, 9.17) is 0 Å². The Morgan fingerprint density at radius 1 is 1.17 bits per heavy atom. The van der Waals surface area contributed by atoms with Gasteiger partial charge in [-0.25, -0.2) is 0 Å². The molecule has 3 aromatic rings. The van der Waals surface area contributed by atoms with Gasteiger partial charge in [0.1, 0.15) is 0 Å². The Hall–Kier alpha value is -2.55. The van der Waals surface area contributed by atoms with Crippen LogP contribution < -0.4 is 5.11 Å². The maximum atomic E-state index is 11.3. The Labute approximate surface area is 136 Å². The summed E-state index contributed by atoms with van der Waals surface area (Å²) >= 11 is 0. The lowest BCUT2D eigenvalue weighted by Crippen LogP contribution is -2.25. The monoisotopic (exact) mass is 306 g/mol. The van der Waals surface area contributed by atoms with Gasteiger partial charge in [-0.1, -0.05) is 48.0 Å². The van der Waals surface area contributed by atoms with E-state index in [0.717, 1.165) is 34.1 Å². The van der Waals surface area contributed by atoms with E-state index in [1.54, 1.807) is 0 Å². The van der Waals surface area contributed by atoms with Gasteiger partial charge in [0.2, 0.25) is 0 Å². The summed E-state index contributed by atoms with van der Waals surface area (Å²) in [7, 11) is 0. The minimum absolute atomic E-state index is 0.0127. The second-order valence-electron chi connectivity index (χ2n) is 5.93. The van der Waals surface area contributed by atoms with Gasteiger partial charge in [0.25, 0.3) is 0 Å². The standard InChI is InChI=1S/C20H21NO2/c1-3-21-13-18(16-9-4-5-10-19(16)21)17(12-20(22)23)15-8-6-7-14(2)11-15/h4-11,13,17H,3,12H2,1-2H3,(H,22,23)/p-1/t17-/m1/s1. The van der Waals surface area contributed by atoms with Gasteiger partial charge in [0, 0.05) is 35.5 Å². The lowest BCUT2D eigenvalue weighted by molar-refractivity contribution is -0.305. The van der Waals surface area contributed by atoms with E-state index in [-0.39, 0.29) is 12.3 Å². The van der Waals surface area contributed by atoms with Crippen molar-refractivity contribution in [3.05, 3.63) is 71.4 Å². The zero-order chi connectivity index (χ0) is 16.4. The molecule has 2 aromatic carbocycles. The van der Waals surface area contributed by atoms with E-state index >= 15 is 0 Å². The molecule has 3 rings (SSSR count). The highest BCUT2D eigenvalue weighted by Gasteiger charge is 2.20. The maximum Gasteiger partial charge on any atom is 0.0483 e. The zero-order valence-corrected chi connectivity index (χ0v) is 13.5. The highest BCUT2D eigenvalue weighted by atomic mass is 16.4. The predicted molar refractivity (Wildman–Crippen MR) is 90.3 cm³/mol. The third kappa shape index (κ3) is 3.00. The fourth-order valence-corrected chi connectivity index (χ4v) is 3.28. The van der Waals surface area contributed by atoms with Gasteiger partial charge in [-0.2, -0.15) is 0 Å². The third-order valence-corrected chi connectivity index (χ3v) is 4.35.